The van der Waals surface area contributed by atoms with Gasteiger partial charge in [0.1, 0.15) is 0 Å². The third-order valence-corrected chi connectivity index (χ3v) is 4.59. The molecule has 1 heterocycles. The SMILES string of the molecule is CC(CCl)CS(=O)(=O)c1ncccc1C(F)(F)F. The first-order valence-electron chi connectivity index (χ1n) is 4.99. The van der Waals surface area contributed by atoms with E-state index in [0.29, 0.717) is 6.07 Å². The van der Waals surface area contributed by atoms with Crippen LogP contribution in [0.25, 0.3) is 0 Å². The smallest absolute Gasteiger partial charge is 0.244 e. The lowest BCUT2D eigenvalue weighted by atomic mass is 10.3. The Bertz CT molecular complexity index is 516. The second kappa shape index (κ2) is 5.44. The number of sulfone groups is 1. The lowest BCUT2D eigenvalue weighted by Crippen LogP contribution is -2.20. The van der Waals surface area contributed by atoms with E-state index in [1.165, 1.54) is 0 Å². The van der Waals surface area contributed by atoms with Gasteiger partial charge in [0.2, 0.25) is 0 Å². The normalized spacial score (nSPS) is 14.5. The van der Waals surface area contributed by atoms with E-state index < -0.39 is 38.3 Å². The Morgan fingerprint density at radius 2 is 2.06 bits per heavy atom. The number of rotatable bonds is 4. The summed E-state index contributed by atoms with van der Waals surface area (Å²) in [4.78, 5) is 3.35. The molecule has 3 nitrogen and oxygen atoms in total. The lowest BCUT2D eigenvalue weighted by Gasteiger charge is -2.13. The first-order valence-corrected chi connectivity index (χ1v) is 7.18. The van der Waals surface area contributed by atoms with Crippen molar-refractivity contribution >= 4 is 21.4 Å². The molecule has 1 unspecified atom stereocenters. The highest BCUT2D eigenvalue weighted by Crippen LogP contribution is 2.33. The van der Waals surface area contributed by atoms with Gasteiger partial charge < -0.3 is 0 Å². The van der Waals surface area contributed by atoms with Crippen LogP contribution in [0.5, 0.6) is 0 Å². The molecule has 1 atom stereocenters. The zero-order chi connectivity index (χ0) is 14.0. The molecule has 0 aliphatic heterocycles. The number of aromatic nitrogens is 1. The van der Waals surface area contributed by atoms with Crippen LogP contribution >= 0.6 is 11.6 Å². The first kappa shape index (κ1) is 15.2. The van der Waals surface area contributed by atoms with E-state index in [-0.39, 0.29) is 5.88 Å². The van der Waals surface area contributed by atoms with Crippen LogP contribution in [0.4, 0.5) is 13.2 Å². The van der Waals surface area contributed by atoms with Gasteiger partial charge in [0.05, 0.1) is 11.3 Å². The summed E-state index contributed by atoms with van der Waals surface area (Å²) < 4.78 is 61.7. The minimum Gasteiger partial charge on any atom is -0.244 e. The summed E-state index contributed by atoms with van der Waals surface area (Å²) in [6.07, 6.45) is -3.73. The summed E-state index contributed by atoms with van der Waals surface area (Å²) in [5, 5.41) is -0.936. The van der Waals surface area contributed by atoms with Gasteiger partial charge in [0, 0.05) is 12.1 Å². The molecule has 8 heteroatoms. The van der Waals surface area contributed by atoms with Crippen molar-refractivity contribution in [1.29, 1.82) is 0 Å². The molecule has 1 rings (SSSR count). The molecule has 0 aliphatic carbocycles. The molecule has 102 valence electrons. The molecule has 0 fully saturated rings. The van der Waals surface area contributed by atoms with Gasteiger partial charge in [-0.2, -0.15) is 13.2 Å². The van der Waals surface area contributed by atoms with Crippen molar-refractivity contribution in [2.75, 3.05) is 11.6 Å². The molecular weight excluding hydrogens is 291 g/mol. The minimum atomic E-state index is -4.75. The summed E-state index contributed by atoms with van der Waals surface area (Å²) in [6.45, 7) is 1.54. The second-order valence-electron chi connectivity index (χ2n) is 3.89. The van der Waals surface area contributed by atoms with E-state index >= 15 is 0 Å². The molecule has 0 saturated carbocycles. The maximum atomic E-state index is 12.7. The van der Waals surface area contributed by atoms with Gasteiger partial charge in [-0.05, 0) is 18.1 Å². The minimum absolute atomic E-state index is 0.0490. The molecule has 0 bridgehead atoms. The second-order valence-corrected chi connectivity index (χ2v) is 6.15. The fourth-order valence-corrected chi connectivity index (χ4v) is 3.36. The molecule has 0 amide bonds. The third-order valence-electron chi connectivity index (χ3n) is 2.14. The fraction of sp³-hybridized carbons (Fsp3) is 0.500. The zero-order valence-electron chi connectivity index (χ0n) is 9.41. The van der Waals surface area contributed by atoms with Gasteiger partial charge in [0.15, 0.2) is 14.9 Å². The maximum absolute atomic E-state index is 12.7. The largest absolute Gasteiger partial charge is 0.419 e. The summed E-state index contributed by atoms with van der Waals surface area (Å²) >= 11 is 5.47. The highest BCUT2D eigenvalue weighted by molar-refractivity contribution is 7.91. The molecule has 18 heavy (non-hydrogen) atoms. The van der Waals surface area contributed by atoms with Crippen LogP contribution in [0.2, 0.25) is 0 Å². The van der Waals surface area contributed by atoms with Crippen LogP contribution in [0.3, 0.4) is 0 Å². The van der Waals surface area contributed by atoms with E-state index in [2.05, 4.69) is 4.98 Å². The molecule has 0 saturated heterocycles. The van der Waals surface area contributed by atoms with Crippen LogP contribution in [-0.4, -0.2) is 25.0 Å². The first-order chi connectivity index (χ1) is 8.18. The highest BCUT2D eigenvalue weighted by atomic mass is 35.5. The monoisotopic (exact) mass is 301 g/mol. The molecule has 1 aromatic heterocycles. The summed E-state index contributed by atoms with van der Waals surface area (Å²) in [5.74, 6) is -0.857. The van der Waals surface area contributed by atoms with Crippen molar-refractivity contribution < 1.29 is 21.6 Å². The van der Waals surface area contributed by atoms with Crippen molar-refractivity contribution in [3.8, 4) is 0 Å². The van der Waals surface area contributed by atoms with Gasteiger partial charge in [-0.1, -0.05) is 6.92 Å². The molecule has 0 aromatic carbocycles. The van der Waals surface area contributed by atoms with E-state index in [9.17, 15) is 21.6 Å². The third kappa shape index (κ3) is 3.58. The van der Waals surface area contributed by atoms with Gasteiger partial charge in [-0.3, -0.25) is 0 Å². The number of alkyl halides is 4. The Morgan fingerprint density at radius 3 is 2.56 bits per heavy atom. The highest BCUT2D eigenvalue weighted by Gasteiger charge is 2.38. The van der Waals surface area contributed by atoms with Crippen LogP contribution in [0, 0.1) is 5.92 Å². The predicted octanol–water partition coefficient (Wildman–Crippen LogP) is 2.75. The number of halogens is 4. The van der Waals surface area contributed by atoms with Gasteiger partial charge in [-0.15, -0.1) is 11.6 Å². The van der Waals surface area contributed by atoms with Crippen molar-refractivity contribution in [1.82, 2.24) is 4.98 Å². The van der Waals surface area contributed by atoms with Crippen molar-refractivity contribution in [2.24, 2.45) is 5.92 Å². The quantitative estimate of drug-likeness (QED) is 0.803. The molecule has 1 aromatic rings. The molecule has 0 spiro atoms. The number of hydrogen-bond donors (Lipinski definition) is 0. The summed E-state index contributed by atoms with van der Waals surface area (Å²) in [6, 6.07) is 1.75. The Labute approximate surface area is 108 Å². The molecule has 0 aliphatic rings. The number of pyridine rings is 1. The Balaban J connectivity index is 3.25. The van der Waals surface area contributed by atoms with Crippen LogP contribution < -0.4 is 0 Å². The van der Waals surface area contributed by atoms with Gasteiger partial charge in [-0.25, -0.2) is 13.4 Å². The fourth-order valence-electron chi connectivity index (χ4n) is 1.35. The lowest BCUT2D eigenvalue weighted by molar-refractivity contribution is -0.140. The van der Waals surface area contributed by atoms with Gasteiger partial charge >= 0.3 is 6.18 Å². The maximum Gasteiger partial charge on any atom is 0.419 e. The summed E-state index contributed by atoms with van der Waals surface area (Å²) in [5.41, 5.74) is -1.24. The van der Waals surface area contributed by atoms with Crippen LogP contribution in [0.15, 0.2) is 23.4 Å². The van der Waals surface area contributed by atoms with E-state index in [4.69, 9.17) is 11.6 Å². The van der Waals surface area contributed by atoms with Crippen molar-refractivity contribution in [3.63, 3.8) is 0 Å². The summed E-state index contributed by atoms with van der Waals surface area (Å²) in [7, 11) is -4.10. The Morgan fingerprint density at radius 1 is 1.44 bits per heavy atom. The van der Waals surface area contributed by atoms with Crippen molar-refractivity contribution in [3.05, 3.63) is 23.9 Å². The zero-order valence-corrected chi connectivity index (χ0v) is 11.0. The van der Waals surface area contributed by atoms with E-state index in [1.54, 1.807) is 6.92 Å². The van der Waals surface area contributed by atoms with Crippen molar-refractivity contribution in [2.45, 2.75) is 18.1 Å². The Kier molecular flexibility index (Phi) is 4.61. The van der Waals surface area contributed by atoms with Crippen LogP contribution in [-0.2, 0) is 16.0 Å². The topological polar surface area (TPSA) is 47.0 Å². The average Bonchev–Trinajstić information content (AvgIpc) is 2.27. The van der Waals surface area contributed by atoms with Crippen LogP contribution in [0.1, 0.15) is 12.5 Å². The predicted molar refractivity (Wildman–Crippen MR) is 61.2 cm³/mol. The molecular formula is C10H11ClF3NO2S. The Hall–Kier alpha value is -0.820. The number of hydrogen-bond acceptors (Lipinski definition) is 3. The van der Waals surface area contributed by atoms with E-state index in [1.807, 2.05) is 0 Å². The van der Waals surface area contributed by atoms with E-state index in [0.717, 1.165) is 12.3 Å². The molecule has 0 N–H and O–H groups in total. The average molecular weight is 302 g/mol. The molecule has 0 radical (unpaired) electrons. The standard InChI is InChI=1S/C10H11ClF3NO2S/c1-7(5-11)6-18(16,17)9-8(10(12,13)14)3-2-4-15-9/h2-4,7H,5-6H2,1H3. The number of nitrogens with zero attached hydrogens (tertiary/aromatic N) is 1. The van der Waals surface area contributed by atoms with Gasteiger partial charge in [0.25, 0.3) is 0 Å².